The standard InChI is InChI=1S/C23H23ClN6O2/c1-14-4-3-5-18(12-14)27-20(31)11-10-19-15(2)26-23-28-22(29-30(23)21(19)32)25-13-16-6-8-17(24)9-7-16/h3-9,12H,10-11,13H2,1-2H3,(H,27,31)(H2,25,26,28,29). The first-order valence-electron chi connectivity index (χ1n) is 10.2. The van der Waals surface area contributed by atoms with Crippen molar-refractivity contribution in [1.82, 2.24) is 19.6 Å². The van der Waals surface area contributed by atoms with Crippen molar-refractivity contribution in [2.45, 2.75) is 33.2 Å². The van der Waals surface area contributed by atoms with E-state index in [0.29, 0.717) is 28.8 Å². The van der Waals surface area contributed by atoms with Gasteiger partial charge in [0, 0.05) is 29.2 Å². The average Bonchev–Trinajstić information content (AvgIpc) is 3.16. The Morgan fingerprint density at radius 3 is 2.66 bits per heavy atom. The Morgan fingerprint density at radius 2 is 1.91 bits per heavy atom. The highest BCUT2D eigenvalue weighted by Crippen LogP contribution is 2.13. The molecule has 2 heterocycles. The highest BCUT2D eigenvalue weighted by atomic mass is 35.5. The number of halogens is 1. The number of anilines is 2. The van der Waals surface area contributed by atoms with Crippen molar-refractivity contribution < 1.29 is 4.79 Å². The van der Waals surface area contributed by atoms with Crippen molar-refractivity contribution in [2.24, 2.45) is 0 Å². The fourth-order valence-electron chi connectivity index (χ4n) is 3.39. The van der Waals surface area contributed by atoms with Gasteiger partial charge in [0.1, 0.15) is 0 Å². The summed E-state index contributed by atoms with van der Waals surface area (Å²) in [6, 6.07) is 15.0. The smallest absolute Gasteiger partial charge is 0.277 e. The lowest BCUT2D eigenvalue weighted by atomic mass is 10.1. The Kier molecular flexibility index (Phi) is 6.23. The Morgan fingerprint density at radius 1 is 1.12 bits per heavy atom. The van der Waals surface area contributed by atoms with Crippen LogP contribution in [0, 0.1) is 13.8 Å². The van der Waals surface area contributed by atoms with Gasteiger partial charge in [-0.25, -0.2) is 4.98 Å². The van der Waals surface area contributed by atoms with Crippen LogP contribution in [0.2, 0.25) is 5.02 Å². The van der Waals surface area contributed by atoms with E-state index in [9.17, 15) is 9.59 Å². The van der Waals surface area contributed by atoms with E-state index in [0.717, 1.165) is 16.8 Å². The number of hydrogen-bond acceptors (Lipinski definition) is 5. The summed E-state index contributed by atoms with van der Waals surface area (Å²) in [5, 5.41) is 9.62. The molecule has 0 bridgehead atoms. The molecule has 0 atom stereocenters. The molecule has 4 rings (SSSR count). The third kappa shape index (κ3) is 4.97. The van der Waals surface area contributed by atoms with Crippen molar-refractivity contribution in [3.05, 3.63) is 86.3 Å². The van der Waals surface area contributed by atoms with Crippen LogP contribution in [-0.2, 0) is 17.8 Å². The molecule has 32 heavy (non-hydrogen) atoms. The summed E-state index contributed by atoms with van der Waals surface area (Å²) in [5.41, 5.74) is 3.60. The maximum absolute atomic E-state index is 13.0. The Hall–Kier alpha value is -3.65. The molecule has 0 unspecified atom stereocenters. The van der Waals surface area contributed by atoms with E-state index >= 15 is 0 Å². The van der Waals surface area contributed by atoms with Gasteiger partial charge in [0.2, 0.25) is 11.9 Å². The van der Waals surface area contributed by atoms with Crippen molar-refractivity contribution >= 4 is 34.9 Å². The Labute approximate surface area is 189 Å². The summed E-state index contributed by atoms with van der Waals surface area (Å²) >= 11 is 5.91. The first-order chi connectivity index (χ1) is 15.4. The molecule has 9 heteroatoms. The van der Waals surface area contributed by atoms with Crippen molar-refractivity contribution in [1.29, 1.82) is 0 Å². The van der Waals surface area contributed by atoms with Crippen molar-refractivity contribution in [3.63, 3.8) is 0 Å². The third-order valence-corrected chi connectivity index (χ3v) is 5.32. The van der Waals surface area contributed by atoms with E-state index in [1.165, 1.54) is 4.52 Å². The van der Waals surface area contributed by atoms with Crippen LogP contribution in [0.3, 0.4) is 0 Å². The lowest BCUT2D eigenvalue weighted by molar-refractivity contribution is -0.116. The van der Waals surface area contributed by atoms with Gasteiger partial charge in [0.25, 0.3) is 11.3 Å². The van der Waals surface area contributed by atoms with Crippen LogP contribution >= 0.6 is 11.6 Å². The fourth-order valence-corrected chi connectivity index (χ4v) is 3.52. The number of fused-ring (bicyclic) bond motifs is 1. The molecule has 0 aliphatic heterocycles. The first kappa shape index (κ1) is 21.6. The molecule has 2 aromatic heterocycles. The summed E-state index contributed by atoms with van der Waals surface area (Å²) in [6.45, 7) is 4.23. The van der Waals surface area contributed by atoms with E-state index in [1.807, 2.05) is 55.5 Å². The number of amides is 1. The number of nitrogens with zero attached hydrogens (tertiary/aromatic N) is 3. The number of carbonyl (C=O) groups excluding carboxylic acids is 1. The highest BCUT2D eigenvalue weighted by Gasteiger charge is 2.15. The van der Waals surface area contributed by atoms with Gasteiger partial charge in [-0.05, 0) is 55.7 Å². The van der Waals surface area contributed by atoms with Crippen LogP contribution in [0.25, 0.3) is 5.78 Å². The SMILES string of the molecule is Cc1cccc(NC(=O)CCc2c(C)nc3nc(NCc4ccc(Cl)cc4)[nH]n3c2=O)c1. The Bertz CT molecular complexity index is 1330. The topological polar surface area (TPSA) is 104 Å². The molecule has 3 N–H and O–H groups in total. The van der Waals surface area contributed by atoms with Gasteiger partial charge >= 0.3 is 0 Å². The van der Waals surface area contributed by atoms with Gasteiger partial charge in [0.05, 0.1) is 5.69 Å². The van der Waals surface area contributed by atoms with Gasteiger partial charge in [0.15, 0.2) is 0 Å². The van der Waals surface area contributed by atoms with E-state index in [2.05, 4.69) is 25.7 Å². The lowest BCUT2D eigenvalue weighted by Crippen LogP contribution is -2.23. The maximum atomic E-state index is 13.0. The van der Waals surface area contributed by atoms with Gasteiger partial charge in [-0.15, -0.1) is 0 Å². The minimum absolute atomic E-state index is 0.158. The van der Waals surface area contributed by atoms with Crippen LogP contribution in [-0.4, -0.2) is 25.5 Å². The number of aryl methyl sites for hydroxylation is 2. The number of nitrogens with one attached hydrogen (secondary N) is 3. The molecule has 0 aliphatic carbocycles. The molecule has 164 valence electrons. The number of hydrogen-bond donors (Lipinski definition) is 3. The number of rotatable bonds is 7. The quantitative estimate of drug-likeness (QED) is 0.396. The van der Waals surface area contributed by atoms with Crippen LogP contribution in [0.1, 0.15) is 28.8 Å². The summed E-state index contributed by atoms with van der Waals surface area (Å²) in [7, 11) is 0. The molecule has 1 amide bonds. The van der Waals surface area contributed by atoms with Crippen LogP contribution in [0.4, 0.5) is 11.6 Å². The molecule has 8 nitrogen and oxygen atoms in total. The van der Waals surface area contributed by atoms with Gasteiger partial charge < -0.3 is 10.6 Å². The zero-order valence-corrected chi connectivity index (χ0v) is 18.5. The number of carbonyl (C=O) groups is 1. The third-order valence-electron chi connectivity index (χ3n) is 5.07. The van der Waals surface area contributed by atoms with E-state index in [1.54, 1.807) is 6.92 Å². The molecule has 0 spiro atoms. The summed E-state index contributed by atoms with van der Waals surface area (Å²) in [5.74, 6) is 0.548. The van der Waals surface area contributed by atoms with Crippen molar-refractivity contribution in [2.75, 3.05) is 10.6 Å². The molecule has 0 saturated heterocycles. The molecular weight excluding hydrogens is 428 g/mol. The minimum Gasteiger partial charge on any atom is -0.351 e. The summed E-state index contributed by atoms with van der Waals surface area (Å²) in [6.07, 6.45) is 0.457. The monoisotopic (exact) mass is 450 g/mol. The fraction of sp³-hybridized carbons (Fsp3) is 0.217. The maximum Gasteiger partial charge on any atom is 0.277 e. The van der Waals surface area contributed by atoms with E-state index < -0.39 is 0 Å². The summed E-state index contributed by atoms with van der Waals surface area (Å²) in [4.78, 5) is 34.1. The van der Waals surface area contributed by atoms with E-state index in [-0.39, 0.29) is 30.1 Å². The van der Waals surface area contributed by atoms with Crippen LogP contribution in [0.5, 0.6) is 0 Å². The van der Waals surface area contributed by atoms with Crippen molar-refractivity contribution in [3.8, 4) is 0 Å². The predicted octanol–water partition coefficient (Wildman–Crippen LogP) is 3.87. The molecule has 0 fully saturated rings. The first-order valence-corrected chi connectivity index (χ1v) is 10.6. The lowest BCUT2D eigenvalue weighted by Gasteiger charge is -2.07. The zero-order valence-electron chi connectivity index (χ0n) is 17.8. The highest BCUT2D eigenvalue weighted by molar-refractivity contribution is 6.30. The van der Waals surface area contributed by atoms with Crippen LogP contribution < -0.4 is 16.2 Å². The zero-order chi connectivity index (χ0) is 22.7. The van der Waals surface area contributed by atoms with Gasteiger partial charge in [-0.2, -0.15) is 9.50 Å². The minimum atomic E-state index is -0.261. The Balaban J connectivity index is 1.45. The molecular formula is C23H23ClN6O2. The van der Waals surface area contributed by atoms with Gasteiger partial charge in [-0.1, -0.05) is 35.9 Å². The predicted molar refractivity (Wildman–Crippen MR) is 125 cm³/mol. The molecule has 0 aliphatic rings. The van der Waals surface area contributed by atoms with Gasteiger partial charge in [-0.3, -0.25) is 14.7 Å². The average molecular weight is 451 g/mol. The van der Waals surface area contributed by atoms with Crippen LogP contribution in [0.15, 0.2) is 53.3 Å². The number of aromatic nitrogens is 4. The second kappa shape index (κ2) is 9.23. The number of aromatic amines is 1. The van der Waals surface area contributed by atoms with E-state index in [4.69, 9.17) is 11.6 Å². The molecule has 0 saturated carbocycles. The number of benzene rings is 2. The summed E-state index contributed by atoms with van der Waals surface area (Å²) < 4.78 is 1.30. The molecule has 4 aromatic rings. The largest absolute Gasteiger partial charge is 0.351 e. The number of H-pyrrole nitrogens is 1. The normalized spacial score (nSPS) is 11.0. The second-order valence-corrected chi connectivity index (χ2v) is 8.02. The second-order valence-electron chi connectivity index (χ2n) is 7.59. The molecule has 2 aromatic carbocycles. The molecule has 0 radical (unpaired) electrons.